The van der Waals surface area contributed by atoms with Gasteiger partial charge in [-0.15, -0.1) is 0 Å². The van der Waals surface area contributed by atoms with E-state index in [1.54, 1.807) is 0 Å². The minimum Gasteiger partial charge on any atom is -0.494 e. The molecule has 3 nitrogen and oxygen atoms in total. The summed E-state index contributed by atoms with van der Waals surface area (Å²) in [5.74, 6) is 0.891. The number of fused-ring (bicyclic) bond motifs is 3. The SMILES string of the molecule is CCOc1ccc2c(c1)c(-c1ccc(N)cc1)[n+](C)c1ccccc21. The summed E-state index contributed by atoms with van der Waals surface area (Å²) in [5, 5.41) is 3.64. The van der Waals surface area contributed by atoms with Gasteiger partial charge in [0, 0.05) is 22.7 Å². The number of pyridine rings is 1. The molecule has 0 saturated heterocycles. The van der Waals surface area contributed by atoms with E-state index in [1.807, 2.05) is 25.1 Å². The topological polar surface area (TPSA) is 39.1 Å². The third-order valence-corrected chi connectivity index (χ3v) is 4.63. The van der Waals surface area contributed by atoms with Gasteiger partial charge in [-0.25, -0.2) is 0 Å². The van der Waals surface area contributed by atoms with Gasteiger partial charge in [0.1, 0.15) is 12.8 Å². The molecule has 4 aromatic rings. The second kappa shape index (κ2) is 6.10. The lowest BCUT2D eigenvalue weighted by Gasteiger charge is -2.11. The van der Waals surface area contributed by atoms with Crippen LogP contribution in [-0.4, -0.2) is 6.61 Å². The van der Waals surface area contributed by atoms with Crippen LogP contribution in [0.25, 0.3) is 32.9 Å². The smallest absolute Gasteiger partial charge is 0.220 e. The van der Waals surface area contributed by atoms with E-state index < -0.39 is 0 Å². The van der Waals surface area contributed by atoms with Crippen molar-refractivity contribution in [3.05, 3.63) is 66.7 Å². The first-order valence-corrected chi connectivity index (χ1v) is 8.52. The van der Waals surface area contributed by atoms with Crippen LogP contribution in [0.15, 0.2) is 66.7 Å². The van der Waals surface area contributed by atoms with Gasteiger partial charge < -0.3 is 10.5 Å². The number of hydrogen-bond acceptors (Lipinski definition) is 2. The molecule has 0 aliphatic heterocycles. The van der Waals surface area contributed by atoms with Crippen molar-refractivity contribution in [2.24, 2.45) is 7.05 Å². The minimum absolute atomic E-state index is 0.655. The fraction of sp³-hybridized carbons (Fsp3) is 0.136. The number of nitrogen functional groups attached to an aromatic ring is 1. The van der Waals surface area contributed by atoms with Gasteiger partial charge in [0.2, 0.25) is 11.2 Å². The zero-order valence-corrected chi connectivity index (χ0v) is 14.5. The highest BCUT2D eigenvalue weighted by Gasteiger charge is 2.20. The number of para-hydroxylation sites is 1. The first-order valence-electron chi connectivity index (χ1n) is 8.52. The molecule has 4 rings (SSSR count). The van der Waals surface area contributed by atoms with Gasteiger partial charge in [-0.3, -0.25) is 0 Å². The van der Waals surface area contributed by atoms with E-state index in [0.29, 0.717) is 6.61 Å². The van der Waals surface area contributed by atoms with E-state index >= 15 is 0 Å². The summed E-state index contributed by atoms with van der Waals surface area (Å²) in [5.41, 5.74) is 10.2. The first kappa shape index (κ1) is 15.5. The van der Waals surface area contributed by atoms with Crippen LogP contribution >= 0.6 is 0 Å². The zero-order chi connectivity index (χ0) is 17.4. The molecule has 1 heterocycles. The molecule has 0 aliphatic carbocycles. The van der Waals surface area contributed by atoms with Crippen molar-refractivity contribution >= 4 is 27.4 Å². The predicted molar refractivity (Wildman–Crippen MR) is 104 cm³/mol. The Balaban J connectivity index is 2.14. The summed E-state index contributed by atoms with van der Waals surface area (Å²) in [6.45, 7) is 2.66. The monoisotopic (exact) mass is 329 g/mol. The Kier molecular flexibility index (Phi) is 3.77. The molecule has 3 aromatic carbocycles. The van der Waals surface area contributed by atoms with Crippen molar-refractivity contribution in [3.63, 3.8) is 0 Å². The molecule has 3 heteroatoms. The molecular weight excluding hydrogens is 308 g/mol. The van der Waals surface area contributed by atoms with Crippen LogP contribution in [0.4, 0.5) is 5.69 Å². The molecule has 0 atom stereocenters. The Bertz CT molecular complexity index is 1070. The van der Waals surface area contributed by atoms with Gasteiger partial charge >= 0.3 is 0 Å². The number of anilines is 1. The summed E-state index contributed by atoms with van der Waals surface area (Å²) in [4.78, 5) is 0. The largest absolute Gasteiger partial charge is 0.494 e. The highest BCUT2D eigenvalue weighted by Crippen LogP contribution is 2.33. The number of aryl methyl sites for hydroxylation is 1. The van der Waals surface area contributed by atoms with Gasteiger partial charge in [-0.1, -0.05) is 12.1 Å². The lowest BCUT2D eigenvalue weighted by molar-refractivity contribution is -0.632. The Labute approximate surface area is 147 Å². The molecule has 1 aromatic heterocycles. The third-order valence-electron chi connectivity index (χ3n) is 4.63. The average molecular weight is 329 g/mol. The third kappa shape index (κ3) is 2.58. The van der Waals surface area contributed by atoms with E-state index in [4.69, 9.17) is 10.5 Å². The molecule has 0 amide bonds. The highest BCUT2D eigenvalue weighted by atomic mass is 16.5. The number of aromatic nitrogens is 1. The Morgan fingerprint density at radius 1 is 0.880 bits per heavy atom. The molecule has 0 fully saturated rings. The molecule has 0 saturated carbocycles. The molecule has 0 bridgehead atoms. The van der Waals surface area contributed by atoms with E-state index in [1.165, 1.54) is 21.7 Å². The Morgan fingerprint density at radius 2 is 1.64 bits per heavy atom. The van der Waals surface area contributed by atoms with Crippen LogP contribution in [0.5, 0.6) is 5.75 Å². The van der Waals surface area contributed by atoms with Crippen LogP contribution < -0.4 is 15.0 Å². The normalized spacial score (nSPS) is 11.1. The van der Waals surface area contributed by atoms with Crippen molar-refractivity contribution < 1.29 is 9.30 Å². The van der Waals surface area contributed by atoms with Crippen molar-refractivity contribution in [3.8, 4) is 17.0 Å². The van der Waals surface area contributed by atoms with Crippen LogP contribution in [0.2, 0.25) is 0 Å². The van der Waals surface area contributed by atoms with Crippen molar-refractivity contribution in [1.29, 1.82) is 0 Å². The second-order valence-electron chi connectivity index (χ2n) is 6.19. The number of hydrogen-bond donors (Lipinski definition) is 1. The fourth-order valence-corrected chi connectivity index (χ4v) is 3.50. The molecule has 0 unspecified atom stereocenters. The van der Waals surface area contributed by atoms with Crippen LogP contribution in [0.1, 0.15) is 6.92 Å². The lowest BCUT2D eigenvalue weighted by atomic mass is 9.99. The number of nitrogens with two attached hydrogens (primary N) is 1. The van der Waals surface area contributed by atoms with Gasteiger partial charge in [-0.2, -0.15) is 4.57 Å². The summed E-state index contributed by atoms with van der Waals surface area (Å²) >= 11 is 0. The molecule has 2 N–H and O–H groups in total. The van der Waals surface area contributed by atoms with Gasteiger partial charge in [0.05, 0.1) is 17.4 Å². The van der Waals surface area contributed by atoms with Gasteiger partial charge in [-0.05, 0) is 55.5 Å². The number of rotatable bonds is 3. The molecule has 124 valence electrons. The van der Waals surface area contributed by atoms with Crippen molar-refractivity contribution in [1.82, 2.24) is 0 Å². The molecule has 25 heavy (non-hydrogen) atoms. The van der Waals surface area contributed by atoms with E-state index in [-0.39, 0.29) is 0 Å². The Morgan fingerprint density at radius 3 is 2.40 bits per heavy atom. The maximum Gasteiger partial charge on any atom is 0.220 e. The number of ether oxygens (including phenoxy) is 1. The summed E-state index contributed by atoms with van der Waals surface area (Å²) in [6, 6.07) is 22.9. The van der Waals surface area contributed by atoms with Crippen LogP contribution in [-0.2, 0) is 7.05 Å². The molecular formula is C22H21N2O+. The second-order valence-corrected chi connectivity index (χ2v) is 6.19. The fourth-order valence-electron chi connectivity index (χ4n) is 3.50. The van der Waals surface area contributed by atoms with Crippen molar-refractivity contribution in [2.45, 2.75) is 6.92 Å². The average Bonchev–Trinajstić information content (AvgIpc) is 2.64. The van der Waals surface area contributed by atoms with E-state index in [0.717, 1.165) is 22.7 Å². The summed E-state index contributed by atoms with van der Waals surface area (Å²) in [6.07, 6.45) is 0. The standard InChI is InChI=1S/C22H20N2O/c1-3-25-17-12-13-18-19-6-4-5-7-21(19)24(2)22(20(18)14-17)15-8-10-16(23)11-9-15/h4-14,23H,3H2,1-2H3/p+1. The van der Waals surface area contributed by atoms with E-state index in [9.17, 15) is 0 Å². The summed E-state index contributed by atoms with van der Waals surface area (Å²) < 4.78 is 8.00. The number of nitrogens with zero attached hydrogens (tertiary/aromatic N) is 1. The quantitative estimate of drug-likeness (QED) is 0.342. The lowest BCUT2D eigenvalue weighted by Crippen LogP contribution is -2.32. The van der Waals surface area contributed by atoms with Gasteiger partial charge in [0.15, 0.2) is 0 Å². The van der Waals surface area contributed by atoms with Crippen LogP contribution in [0, 0.1) is 0 Å². The van der Waals surface area contributed by atoms with Gasteiger partial charge in [0.25, 0.3) is 0 Å². The zero-order valence-electron chi connectivity index (χ0n) is 14.5. The first-order chi connectivity index (χ1) is 12.2. The molecule has 0 spiro atoms. The van der Waals surface area contributed by atoms with Crippen LogP contribution in [0.3, 0.4) is 0 Å². The minimum atomic E-state index is 0.655. The summed E-state index contributed by atoms with van der Waals surface area (Å²) in [7, 11) is 2.11. The maximum atomic E-state index is 5.88. The maximum absolute atomic E-state index is 5.88. The van der Waals surface area contributed by atoms with Crippen molar-refractivity contribution in [2.75, 3.05) is 12.3 Å². The highest BCUT2D eigenvalue weighted by molar-refractivity contribution is 6.09. The predicted octanol–water partition coefficient (Wildman–Crippen LogP) is 4.47. The Hall–Kier alpha value is -3.07. The number of benzene rings is 3. The molecule has 0 aliphatic rings. The molecule has 0 radical (unpaired) electrons. The van der Waals surface area contributed by atoms with E-state index in [2.05, 4.69) is 60.1 Å².